The summed E-state index contributed by atoms with van der Waals surface area (Å²) in [5.74, 6) is -0.430. The van der Waals surface area contributed by atoms with E-state index in [1.165, 1.54) is 7.11 Å². The topological polar surface area (TPSA) is 48.3 Å². The number of nitrogens with zero attached hydrogens (tertiary/aromatic N) is 1. The van der Waals surface area contributed by atoms with Crippen LogP contribution in [0.1, 0.15) is 65.0 Å². The molecule has 4 heteroatoms. The molecule has 0 N–H and O–H groups in total. The summed E-state index contributed by atoms with van der Waals surface area (Å²) in [7, 11) is 1.42. The van der Waals surface area contributed by atoms with E-state index in [0.717, 1.165) is 41.8 Å². The molecule has 1 aromatic heterocycles. The van der Waals surface area contributed by atoms with Crippen LogP contribution in [0.4, 0.5) is 0 Å². The second-order valence-electron chi connectivity index (χ2n) is 6.76. The number of ether oxygens (including phenoxy) is 1. The predicted octanol–water partition coefficient (Wildman–Crippen LogP) is 4.03. The van der Waals surface area contributed by atoms with Crippen molar-refractivity contribution >= 4 is 11.8 Å². The average Bonchev–Trinajstić information content (AvgIpc) is 3.17. The minimum Gasteiger partial charge on any atom is -0.469 e. The van der Waals surface area contributed by atoms with Gasteiger partial charge in [0.05, 0.1) is 18.7 Å². The van der Waals surface area contributed by atoms with E-state index in [9.17, 15) is 9.59 Å². The van der Waals surface area contributed by atoms with Crippen LogP contribution in [-0.2, 0) is 22.5 Å². The van der Waals surface area contributed by atoms with Gasteiger partial charge in [0.2, 0.25) is 5.78 Å². The van der Waals surface area contributed by atoms with E-state index in [2.05, 4.69) is 6.92 Å². The molecule has 1 aliphatic heterocycles. The number of methoxy groups -OCH3 is 1. The van der Waals surface area contributed by atoms with Crippen molar-refractivity contribution in [3.05, 3.63) is 58.4 Å². The van der Waals surface area contributed by atoms with Gasteiger partial charge in [0.1, 0.15) is 0 Å². The number of carbonyl (C=O) groups is 2. The number of carbonyl (C=O) groups excluding carboxylic acids is 2. The Bertz CT molecular complexity index is 786. The van der Waals surface area contributed by atoms with Crippen LogP contribution in [0, 0.1) is 6.92 Å². The van der Waals surface area contributed by atoms with E-state index in [1.807, 2.05) is 41.8 Å². The monoisotopic (exact) mass is 339 g/mol. The molecule has 1 aliphatic rings. The van der Waals surface area contributed by atoms with Crippen LogP contribution < -0.4 is 0 Å². The minimum absolute atomic E-state index is 0.0443. The third-order valence-corrected chi connectivity index (χ3v) is 5.02. The lowest BCUT2D eigenvalue weighted by molar-refractivity contribution is -0.142. The highest BCUT2D eigenvalue weighted by Crippen LogP contribution is 2.35. The van der Waals surface area contributed by atoms with Gasteiger partial charge in [-0.25, -0.2) is 0 Å². The van der Waals surface area contributed by atoms with Gasteiger partial charge in [0, 0.05) is 17.8 Å². The predicted molar refractivity (Wildman–Crippen MR) is 97.0 cm³/mol. The molecule has 0 bridgehead atoms. The van der Waals surface area contributed by atoms with E-state index in [1.54, 1.807) is 0 Å². The van der Waals surface area contributed by atoms with Gasteiger partial charge in [0.15, 0.2) is 0 Å². The zero-order chi connectivity index (χ0) is 18.0. The molecular formula is C21H25NO3. The Labute approximate surface area is 148 Å². The normalized spacial score (nSPS) is 15.9. The number of unbranched alkanes of at least 4 members (excludes halogenated alkanes) is 1. The van der Waals surface area contributed by atoms with Crippen molar-refractivity contribution in [3.8, 4) is 0 Å². The van der Waals surface area contributed by atoms with E-state index in [4.69, 9.17) is 4.74 Å². The molecule has 132 valence electrons. The van der Waals surface area contributed by atoms with Crippen LogP contribution in [-0.4, -0.2) is 23.4 Å². The molecule has 0 spiro atoms. The maximum Gasteiger partial charge on any atom is 0.314 e. The molecule has 1 aromatic carbocycles. The second kappa shape index (κ2) is 7.26. The molecule has 0 aliphatic carbocycles. The molecule has 0 saturated heterocycles. The van der Waals surface area contributed by atoms with E-state index >= 15 is 0 Å². The largest absolute Gasteiger partial charge is 0.469 e. The summed E-state index contributed by atoms with van der Waals surface area (Å²) in [4.78, 5) is 25.2. The molecule has 25 heavy (non-hydrogen) atoms. The first kappa shape index (κ1) is 17.5. The van der Waals surface area contributed by atoms with Gasteiger partial charge in [-0.05, 0) is 37.8 Å². The smallest absolute Gasteiger partial charge is 0.314 e. The third kappa shape index (κ3) is 3.26. The molecule has 0 radical (unpaired) electrons. The van der Waals surface area contributed by atoms with E-state index in [0.29, 0.717) is 18.5 Å². The molecule has 2 aromatic rings. The Balaban J connectivity index is 2.03. The molecule has 0 amide bonds. The Hall–Kier alpha value is -2.36. The number of hydrogen-bond acceptors (Lipinski definition) is 3. The number of esters is 1. The quantitative estimate of drug-likeness (QED) is 0.590. The zero-order valence-corrected chi connectivity index (χ0v) is 15.2. The molecule has 0 saturated carbocycles. The van der Waals surface area contributed by atoms with Crippen molar-refractivity contribution in [2.24, 2.45) is 0 Å². The van der Waals surface area contributed by atoms with Crippen molar-refractivity contribution in [1.82, 2.24) is 4.57 Å². The number of fused-ring (bicyclic) bond motifs is 1. The van der Waals surface area contributed by atoms with Gasteiger partial charge in [-0.2, -0.15) is 0 Å². The molecule has 0 fully saturated rings. The molecule has 3 rings (SSSR count). The minimum atomic E-state index is -0.259. The third-order valence-electron chi connectivity index (χ3n) is 5.02. The first-order valence-corrected chi connectivity index (χ1v) is 8.98. The summed E-state index contributed by atoms with van der Waals surface area (Å²) in [6.45, 7) is 4.84. The van der Waals surface area contributed by atoms with Crippen LogP contribution in [0.2, 0.25) is 0 Å². The van der Waals surface area contributed by atoms with Gasteiger partial charge >= 0.3 is 5.97 Å². The SMILES string of the molecule is CCCCc1cc2n(c1C(=O)c1ccc(C)cc1)CCC2C(=O)OC. The maximum atomic E-state index is 13.2. The highest BCUT2D eigenvalue weighted by molar-refractivity contribution is 6.09. The van der Waals surface area contributed by atoms with Crippen LogP contribution in [0.15, 0.2) is 30.3 Å². The average molecular weight is 339 g/mol. The summed E-state index contributed by atoms with van der Waals surface area (Å²) in [6, 6.07) is 9.74. The fraction of sp³-hybridized carbons (Fsp3) is 0.429. The molecule has 2 heterocycles. The number of benzene rings is 1. The van der Waals surface area contributed by atoms with Crippen molar-refractivity contribution in [2.75, 3.05) is 7.11 Å². The fourth-order valence-electron chi connectivity index (χ4n) is 3.61. The van der Waals surface area contributed by atoms with Gasteiger partial charge in [-0.15, -0.1) is 0 Å². The summed E-state index contributed by atoms with van der Waals surface area (Å²) < 4.78 is 6.98. The fourth-order valence-corrected chi connectivity index (χ4v) is 3.61. The summed E-state index contributed by atoms with van der Waals surface area (Å²) in [6.07, 6.45) is 3.65. The highest BCUT2D eigenvalue weighted by atomic mass is 16.5. The summed E-state index contributed by atoms with van der Waals surface area (Å²) in [5.41, 5.74) is 4.56. The maximum absolute atomic E-state index is 13.2. The second-order valence-corrected chi connectivity index (χ2v) is 6.76. The molecule has 4 nitrogen and oxygen atoms in total. The lowest BCUT2D eigenvalue weighted by Crippen LogP contribution is -2.12. The first-order valence-electron chi connectivity index (χ1n) is 8.98. The number of rotatable bonds is 6. The van der Waals surface area contributed by atoms with E-state index in [-0.39, 0.29) is 17.7 Å². The Kier molecular flexibility index (Phi) is 5.07. The Morgan fingerprint density at radius 3 is 2.60 bits per heavy atom. The van der Waals surface area contributed by atoms with Crippen LogP contribution >= 0.6 is 0 Å². The summed E-state index contributed by atoms with van der Waals surface area (Å²) in [5, 5.41) is 0. The zero-order valence-electron chi connectivity index (χ0n) is 15.2. The Morgan fingerprint density at radius 2 is 1.96 bits per heavy atom. The van der Waals surface area contributed by atoms with Gasteiger partial charge < -0.3 is 9.30 Å². The van der Waals surface area contributed by atoms with Crippen LogP contribution in [0.3, 0.4) is 0 Å². The summed E-state index contributed by atoms with van der Waals surface area (Å²) >= 11 is 0. The lowest BCUT2D eigenvalue weighted by atomic mass is 9.99. The number of aryl methyl sites for hydroxylation is 2. The number of aromatic nitrogens is 1. The van der Waals surface area contributed by atoms with Crippen LogP contribution in [0.5, 0.6) is 0 Å². The van der Waals surface area contributed by atoms with Crippen molar-refractivity contribution in [1.29, 1.82) is 0 Å². The van der Waals surface area contributed by atoms with Gasteiger partial charge in [-0.1, -0.05) is 43.2 Å². The van der Waals surface area contributed by atoms with E-state index < -0.39 is 0 Å². The van der Waals surface area contributed by atoms with Crippen molar-refractivity contribution in [3.63, 3.8) is 0 Å². The lowest BCUT2D eigenvalue weighted by Gasteiger charge is -2.09. The molecular weight excluding hydrogens is 314 g/mol. The van der Waals surface area contributed by atoms with Gasteiger partial charge in [0.25, 0.3) is 0 Å². The molecule has 1 atom stereocenters. The number of hydrogen-bond donors (Lipinski definition) is 0. The molecule has 1 unspecified atom stereocenters. The first-order chi connectivity index (χ1) is 12.1. The standard InChI is InChI=1S/C21H25NO3/c1-4-5-6-16-13-18-17(21(24)25-3)11-12-22(18)19(16)20(23)15-9-7-14(2)8-10-15/h7-10,13,17H,4-6,11-12H2,1-3H3. The van der Waals surface area contributed by atoms with Gasteiger partial charge in [-0.3, -0.25) is 9.59 Å². The van der Waals surface area contributed by atoms with Crippen molar-refractivity contribution in [2.45, 2.75) is 52.0 Å². The van der Waals surface area contributed by atoms with Crippen LogP contribution in [0.25, 0.3) is 0 Å². The Morgan fingerprint density at radius 1 is 1.24 bits per heavy atom. The number of ketones is 1. The van der Waals surface area contributed by atoms with Crippen molar-refractivity contribution < 1.29 is 14.3 Å². The highest BCUT2D eigenvalue weighted by Gasteiger charge is 2.34.